The second-order valence-electron chi connectivity index (χ2n) is 6.01. The molecule has 0 aliphatic rings. The molecule has 0 saturated heterocycles. The molecular weight excluding hydrogens is 415 g/mol. The van der Waals surface area contributed by atoms with Gasteiger partial charge >= 0.3 is 7.82 Å². The smallest absolute Gasteiger partial charge is 0.404 e. The first-order valence-electron chi connectivity index (χ1n) is 7.97. The van der Waals surface area contributed by atoms with Gasteiger partial charge in [-0.25, -0.2) is 4.57 Å². The zero-order valence-electron chi connectivity index (χ0n) is 14.3. The van der Waals surface area contributed by atoms with Crippen LogP contribution >= 0.6 is 23.8 Å². The molecule has 0 radical (unpaired) electrons. The quantitative estimate of drug-likeness (QED) is 0.505. The predicted molar refractivity (Wildman–Crippen MR) is 107 cm³/mol. The van der Waals surface area contributed by atoms with Crippen LogP contribution in [0, 0.1) is 13.8 Å². The Morgan fingerprint density at radius 1 is 0.808 bits per heavy atom. The largest absolute Gasteiger partial charge is 0.524 e. The summed E-state index contributed by atoms with van der Waals surface area (Å²) >= 11 is 3.60. The van der Waals surface area contributed by atoms with Crippen LogP contribution in [0.3, 0.4) is 0 Å². The Balaban J connectivity index is 2.40. The fourth-order valence-electron chi connectivity index (χ4n) is 3.00. The van der Waals surface area contributed by atoms with Crippen molar-refractivity contribution in [2.45, 2.75) is 13.8 Å². The molecule has 3 rings (SSSR count). The van der Waals surface area contributed by atoms with Crippen molar-refractivity contribution < 1.29 is 18.9 Å². The van der Waals surface area contributed by atoms with Crippen molar-refractivity contribution >= 4 is 23.8 Å². The first-order chi connectivity index (χ1) is 12.3. The molecule has 6 heteroatoms. The van der Waals surface area contributed by atoms with Crippen molar-refractivity contribution in [3.05, 3.63) is 76.3 Å². The minimum Gasteiger partial charge on any atom is -0.404 e. The van der Waals surface area contributed by atoms with Gasteiger partial charge < -0.3 is 4.52 Å². The number of hydrogen-bond donors (Lipinski definition) is 2. The molecule has 134 valence electrons. The first-order valence-corrected chi connectivity index (χ1v) is 10.3. The minimum atomic E-state index is -4.70. The summed E-state index contributed by atoms with van der Waals surface area (Å²) in [5.74, 6) is 0.147. The van der Waals surface area contributed by atoms with E-state index in [9.17, 15) is 14.4 Å². The van der Waals surface area contributed by atoms with Gasteiger partial charge in [-0.3, -0.25) is 9.79 Å². The summed E-state index contributed by atoms with van der Waals surface area (Å²) in [6, 6.07) is 18.9. The summed E-state index contributed by atoms with van der Waals surface area (Å²) in [4.78, 5) is 18.7. The molecule has 0 aliphatic heterocycles. The number of halogens is 1. The predicted octanol–water partition coefficient (Wildman–Crippen LogP) is 5.87. The standard InChI is InChI=1S/C20H18BrO4P/c1-13-7-3-5-9-15(13)19-17(21)11-12-18(25-26(22,23)24)20(19)16-10-6-4-8-14(16)2/h3-12H,1-2H3,(H2,22,23,24). The Kier molecular flexibility index (Phi) is 5.35. The van der Waals surface area contributed by atoms with Gasteiger partial charge in [-0.2, -0.15) is 0 Å². The van der Waals surface area contributed by atoms with E-state index >= 15 is 0 Å². The number of benzene rings is 3. The monoisotopic (exact) mass is 432 g/mol. The summed E-state index contributed by atoms with van der Waals surface area (Å²) in [5.41, 5.74) is 5.34. The lowest BCUT2D eigenvalue weighted by molar-refractivity contribution is 0.283. The molecule has 2 N–H and O–H groups in total. The summed E-state index contributed by atoms with van der Waals surface area (Å²) in [7, 11) is -4.70. The van der Waals surface area contributed by atoms with Crippen molar-refractivity contribution in [3.63, 3.8) is 0 Å². The van der Waals surface area contributed by atoms with Crippen molar-refractivity contribution in [2.75, 3.05) is 0 Å². The van der Waals surface area contributed by atoms with Gasteiger partial charge in [0, 0.05) is 15.6 Å². The molecule has 0 atom stereocenters. The van der Waals surface area contributed by atoms with Crippen LogP contribution in [0.25, 0.3) is 22.3 Å². The third-order valence-electron chi connectivity index (χ3n) is 4.16. The van der Waals surface area contributed by atoms with E-state index in [4.69, 9.17) is 4.52 Å². The molecule has 0 spiro atoms. The van der Waals surface area contributed by atoms with Crippen LogP contribution in [0.2, 0.25) is 0 Å². The number of rotatable bonds is 4. The van der Waals surface area contributed by atoms with Crippen molar-refractivity contribution in [3.8, 4) is 28.0 Å². The van der Waals surface area contributed by atoms with Crippen LogP contribution in [-0.4, -0.2) is 9.79 Å². The maximum Gasteiger partial charge on any atom is 0.524 e. The molecule has 0 aromatic heterocycles. The Hall–Kier alpha value is -1.91. The topological polar surface area (TPSA) is 66.8 Å². The molecule has 0 aliphatic carbocycles. The fraction of sp³-hybridized carbons (Fsp3) is 0.100. The highest BCUT2D eigenvalue weighted by Gasteiger charge is 2.24. The molecule has 0 unspecified atom stereocenters. The van der Waals surface area contributed by atoms with Gasteiger partial charge in [0.25, 0.3) is 0 Å². The van der Waals surface area contributed by atoms with Gasteiger partial charge in [0.15, 0.2) is 0 Å². The number of aryl methyl sites for hydroxylation is 2. The van der Waals surface area contributed by atoms with Gasteiger partial charge in [-0.05, 0) is 48.2 Å². The van der Waals surface area contributed by atoms with Crippen LogP contribution < -0.4 is 4.52 Å². The van der Waals surface area contributed by atoms with Crippen LogP contribution in [-0.2, 0) is 4.57 Å². The minimum absolute atomic E-state index is 0.147. The van der Waals surface area contributed by atoms with Crippen molar-refractivity contribution in [2.24, 2.45) is 0 Å². The second-order valence-corrected chi connectivity index (χ2v) is 8.03. The number of phosphoric ester groups is 1. The third-order valence-corrected chi connectivity index (χ3v) is 5.26. The maximum absolute atomic E-state index is 11.5. The van der Waals surface area contributed by atoms with Crippen LogP contribution in [0.4, 0.5) is 0 Å². The lowest BCUT2D eigenvalue weighted by atomic mass is 9.90. The number of phosphoric acid groups is 1. The van der Waals surface area contributed by atoms with Gasteiger partial charge in [0.05, 0.1) is 0 Å². The van der Waals surface area contributed by atoms with E-state index < -0.39 is 7.82 Å². The Labute approximate surface area is 160 Å². The zero-order valence-corrected chi connectivity index (χ0v) is 16.8. The average Bonchev–Trinajstić information content (AvgIpc) is 2.57. The average molecular weight is 433 g/mol. The lowest BCUT2D eigenvalue weighted by Crippen LogP contribution is -1.98. The molecule has 0 bridgehead atoms. The molecule has 3 aromatic carbocycles. The number of hydrogen-bond acceptors (Lipinski definition) is 2. The summed E-state index contributed by atoms with van der Waals surface area (Å²) in [6.45, 7) is 3.96. The van der Waals surface area contributed by atoms with E-state index in [2.05, 4.69) is 15.9 Å². The Morgan fingerprint density at radius 3 is 1.81 bits per heavy atom. The van der Waals surface area contributed by atoms with E-state index in [1.165, 1.54) is 0 Å². The fourth-order valence-corrected chi connectivity index (χ4v) is 3.95. The molecule has 3 aromatic rings. The van der Waals surface area contributed by atoms with Gasteiger partial charge in [-0.1, -0.05) is 64.5 Å². The van der Waals surface area contributed by atoms with Crippen LogP contribution in [0.5, 0.6) is 5.75 Å². The maximum atomic E-state index is 11.5. The summed E-state index contributed by atoms with van der Waals surface area (Å²) in [6.07, 6.45) is 0. The molecule has 0 saturated carbocycles. The highest BCUT2D eigenvalue weighted by Crippen LogP contribution is 2.49. The highest BCUT2D eigenvalue weighted by atomic mass is 79.9. The van der Waals surface area contributed by atoms with Gasteiger partial charge in [0.1, 0.15) is 5.75 Å². The van der Waals surface area contributed by atoms with E-state index in [1.54, 1.807) is 12.1 Å². The van der Waals surface area contributed by atoms with Gasteiger partial charge in [-0.15, -0.1) is 0 Å². The van der Waals surface area contributed by atoms with Gasteiger partial charge in [0.2, 0.25) is 0 Å². The summed E-state index contributed by atoms with van der Waals surface area (Å²) < 4.78 is 17.4. The first kappa shape index (κ1) is 18.9. The molecule has 26 heavy (non-hydrogen) atoms. The normalized spacial score (nSPS) is 11.4. The molecule has 0 fully saturated rings. The van der Waals surface area contributed by atoms with E-state index in [0.29, 0.717) is 5.56 Å². The van der Waals surface area contributed by atoms with E-state index in [-0.39, 0.29) is 5.75 Å². The Morgan fingerprint density at radius 2 is 1.31 bits per heavy atom. The van der Waals surface area contributed by atoms with Crippen molar-refractivity contribution in [1.29, 1.82) is 0 Å². The summed E-state index contributed by atoms with van der Waals surface area (Å²) in [5, 5.41) is 0. The molecular formula is C20H18BrO4P. The molecule has 4 nitrogen and oxygen atoms in total. The third kappa shape index (κ3) is 3.92. The van der Waals surface area contributed by atoms with Crippen molar-refractivity contribution in [1.82, 2.24) is 0 Å². The van der Waals surface area contributed by atoms with E-state index in [0.717, 1.165) is 32.3 Å². The molecule has 0 amide bonds. The highest BCUT2D eigenvalue weighted by molar-refractivity contribution is 9.10. The SMILES string of the molecule is Cc1ccccc1-c1c(Br)ccc(OP(=O)(O)O)c1-c1ccccc1C. The van der Waals surface area contributed by atoms with Crippen LogP contribution in [0.15, 0.2) is 65.1 Å². The Bertz CT molecular complexity index is 1010. The molecule has 0 heterocycles. The van der Waals surface area contributed by atoms with E-state index in [1.807, 2.05) is 62.4 Å². The second kappa shape index (κ2) is 7.37. The zero-order chi connectivity index (χ0) is 18.9. The van der Waals surface area contributed by atoms with Crippen LogP contribution in [0.1, 0.15) is 11.1 Å². The lowest BCUT2D eigenvalue weighted by Gasteiger charge is -2.20.